The Morgan fingerprint density at radius 2 is 1.74 bits per heavy atom. The van der Waals surface area contributed by atoms with Crippen LogP contribution in [0.15, 0.2) is 59.6 Å². The van der Waals surface area contributed by atoms with Gasteiger partial charge in [-0.1, -0.05) is 30.3 Å². The van der Waals surface area contributed by atoms with Gasteiger partial charge in [0.15, 0.2) is 5.96 Å². The van der Waals surface area contributed by atoms with Crippen LogP contribution in [0.25, 0.3) is 0 Å². The lowest BCUT2D eigenvalue weighted by Crippen LogP contribution is -2.40. The molecule has 1 atom stereocenters. The quantitative estimate of drug-likeness (QED) is 0.339. The predicted molar refractivity (Wildman–Crippen MR) is 109 cm³/mol. The maximum Gasteiger partial charge on any atom is 0.191 e. The number of aliphatic imine (C=N–C) groups is 1. The van der Waals surface area contributed by atoms with E-state index in [4.69, 9.17) is 9.47 Å². The number of rotatable bonds is 10. The van der Waals surface area contributed by atoms with E-state index in [9.17, 15) is 5.11 Å². The van der Waals surface area contributed by atoms with E-state index in [0.717, 1.165) is 23.6 Å². The highest BCUT2D eigenvalue weighted by Gasteiger charge is 2.06. The van der Waals surface area contributed by atoms with Crippen molar-refractivity contribution < 1.29 is 14.6 Å². The normalized spacial score (nSPS) is 12.3. The van der Waals surface area contributed by atoms with Crippen LogP contribution in [-0.2, 0) is 6.42 Å². The maximum atomic E-state index is 10.2. The van der Waals surface area contributed by atoms with Crippen molar-refractivity contribution in [1.29, 1.82) is 0 Å². The summed E-state index contributed by atoms with van der Waals surface area (Å²) in [6, 6.07) is 17.4. The fraction of sp³-hybridized carbons (Fsp3) is 0.381. The highest BCUT2D eigenvalue weighted by molar-refractivity contribution is 5.79. The number of methoxy groups -OCH3 is 1. The lowest BCUT2D eigenvalue weighted by molar-refractivity contribution is 0.183. The van der Waals surface area contributed by atoms with E-state index in [1.54, 1.807) is 7.11 Å². The molecule has 0 aliphatic heterocycles. The van der Waals surface area contributed by atoms with Gasteiger partial charge in [-0.2, -0.15) is 0 Å². The summed E-state index contributed by atoms with van der Waals surface area (Å²) in [5.74, 6) is 2.26. The van der Waals surface area contributed by atoms with Crippen LogP contribution in [0.3, 0.4) is 0 Å². The van der Waals surface area contributed by atoms with Gasteiger partial charge in [0.2, 0.25) is 0 Å². The van der Waals surface area contributed by atoms with Crippen molar-refractivity contribution in [3.8, 4) is 11.5 Å². The fourth-order valence-electron chi connectivity index (χ4n) is 2.50. The first-order valence-corrected chi connectivity index (χ1v) is 9.22. The fourth-order valence-corrected chi connectivity index (χ4v) is 2.50. The summed E-state index contributed by atoms with van der Waals surface area (Å²) in [5.41, 5.74) is 1.10. The third-order valence-corrected chi connectivity index (χ3v) is 3.84. The summed E-state index contributed by atoms with van der Waals surface area (Å²) >= 11 is 0. The summed E-state index contributed by atoms with van der Waals surface area (Å²) in [7, 11) is 1.64. The van der Waals surface area contributed by atoms with Gasteiger partial charge in [-0.05, 0) is 36.8 Å². The number of ether oxygens (including phenoxy) is 2. The first-order chi connectivity index (χ1) is 13.2. The van der Waals surface area contributed by atoms with E-state index in [0.29, 0.717) is 32.1 Å². The molecule has 1 unspecified atom stereocenters. The van der Waals surface area contributed by atoms with Crippen molar-refractivity contribution in [1.82, 2.24) is 10.6 Å². The van der Waals surface area contributed by atoms with Gasteiger partial charge in [-0.25, -0.2) is 0 Å². The van der Waals surface area contributed by atoms with Gasteiger partial charge in [-0.15, -0.1) is 0 Å². The van der Waals surface area contributed by atoms with Gasteiger partial charge in [0.1, 0.15) is 18.1 Å². The van der Waals surface area contributed by atoms with Gasteiger partial charge in [0, 0.05) is 13.0 Å². The van der Waals surface area contributed by atoms with Crippen LogP contribution in [0.2, 0.25) is 0 Å². The zero-order valence-corrected chi connectivity index (χ0v) is 16.0. The van der Waals surface area contributed by atoms with Crippen molar-refractivity contribution in [3.63, 3.8) is 0 Å². The molecule has 6 heteroatoms. The summed E-state index contributed by atoms with van der Waals surface area (Å²) in [4.78, 5) is 4.45. The Balaban J connectivity index is 1.73. The van der Waals surface area contributed by atoms with E-state index in [1.807, 2.05) is 61.5 Å². The Bertz CT molecular complexity index is 675. The molecule has 6 nitrogen and oxygen atoms in total. The third-order valence-electron chi connectivity index (χ3n) is 3.84. The first-order valence-electron chi connectivity index (χ1n) is 9.22. The van der Waals surface area contributed by atoms with Crippen LogP contribution in [-0.4, -0.2) is 50.5 Å². The van der Waals surface area contributed by atoms with Gasteiger partial charge in [0.05, 0.1) is 26.3 Å². The second-order valence-electron chi connectivity index (χ2n) is 6.01. The minimum absolute atomic E-state index is 0.337. The lowest BCUT2D eigenvalue weighted by Gasteiger charge is -2.14. The van der Waals surface area contributed by atoms with Crippen LogP contribution in [0.5, 0.6) is 11.5 Å². The second-order valence-corrected chi connectivity index (χ2v) is 6.01. The van der Waals surface area contributed by atoms with Crippen LogP contribution >= 0.6 is 0 Å². The van der Waals surface area contributed by atoms with E-state index in [1.165, 1.54) is 0 Å². The summed E-state index contributed by atoms with van der Waals surface area (Å²) in [6.07, 6.45) is 0.0723. The Morgan fingerprint density at radius 3 is 2.41 bits per heavy atom. The molecular formula is C21H29N3O3. The van der Waals surface area contributed by atoms with Gasteiger partial charge < -0.3 is 25.2 Å². The van der Waals surface area contributed by atoms with Crippen molar-refractivity contribution >= 4 is 5.96 Å². The number of hydrogen-bond donors (Lipinski definition) is 3. The summed E-state index contributed by atoms with van der Waals surface area (Å²) < 4.78 is 10.8. The SMILES string of the molecule is CCNC(=NCC(O)Cc1ccccc1)NCCOc1ccc(OC)cc1. The molecule has 0 radical (unpaired) electrons. The maximum absolute atomic E-state index is 10.2. The largest absolute Gasteiger partial charge is 0.497 e. The number of aliphatic hydroxyl groups excluding tert-OH is 1. The first kappa shape index (κ1) is 20.6. The molecule has 0 aliphatic carbocycles. The zero-order valence-electron chi connectivity index (χ0n) is 16.0. The minimum atomic E-state index is -0.515. The number of guanidine groups is 1. The van der Waals surface area contributed by atoms with Crippen molar-refractivity contribution in [2.24, 2.45) is 4.99 Å². The Morgan fingerprint density at radius 1 is 1.04 bits per heavy atom. The molecule has 0 aromatic heterocycles. The molecule has 0 saturated heterocycles. The molecule has 0 heterocycles. The molecule has 146 valence electrons. The number of hydrogen-bond acceptors (Lipinski definition) is 4. The van der Waals surface area contributed by atoms with E-state index < -0.39 is 6.10 Å². The average Bonchev–Trinajstić information content (AvgIpc) is 2.70. The minimum Gasteiger partial charge on any atom is -0.497 e. The Kier molecular flexibility index (Phi) is 9.00. The molecule has 2 aromatic rings. The second kappa shape index (κ2) is 11.8. The zero-order chi connectivity index (χ0) is 19.3. The molecule has 0 amide bonds. The van der Waals surface area contributed by atoms with Crippen LogP contribution in [0, 0.1) is 0 Å². The smallest absolute Gasteiger partial charge is 0.191 e. The molecule has 0 aliphatic rings. The third kappa shape index (κ3) is 8.00. The average molecular weight is 371 g/mol. The topological polar surface area (TPSA) is 75.1 Å². The molecule has 2 aromatic carbocycles. The molecule has 0 fully saturated rings. The molecule has 0 saturated carbocycles. The van der Waals surface area contributed by atoms with Gasteiger partial charge >= 0.3 is 0 Å². The number of nitrogens with one attached hydrogen (secondary N) is 2. The van der Waals surface area contributed by atoms with Crippen molar-refractivity contribution in [2.45, 2.75) is 19.4 Å². The predicted octanol–water partition coefficient (Wildman–Crippen LogP) is 2.23. The van der Waals surface area contributed by atoms with Gasteiger partial charge in [0.25, 0.3) is 0 Å². The lowest BCUT2D eigenvalue weighted by atomic mass is 10.1. The molecule has 27 heavy (non-hydrogen) atoms. The Labute approximate surface area is 161 Å². The highest BCUT2D eigenvalue weighted by Crippen LogP contribution is 2.16. The van der Waals surface area contributed by atoms with Crippen LogP contribution in [0.4, 0.5) is 0 Å². The van der Waals surface area contributed by atoms with E-state index >= 15 is 0 Å². The monoisotopic (exact) mass is 371 g/mol. The molecule has 0 spiro atoms. The number of aliphatic hydroxyl groups is 1. The van der Waals surface area contributed by atoms with E-state index in [2.05, 4.69) is 15.6 Å². The van der Waals surface area contributed by atoms with Crippen LogP contribution < -0.4 is 20.1 Å². The number of nitrogens with zero attached hydrogens (tertiary/aromatic N) is 1. The summed E-state index contributed by atoms with van der Waals surface area (Å²) in [6.45, 7) is 4.20. The standard InChI is InChI=1S/C21H29N3O3/c1-3-22-21(24-16-18(25)15-17-7-5-4-6-8-17)23-13-14-27-20-11-9-19(26-2)10-12-20/h4-12,18,25H,3,13-16H2,1-2H3,(H2,22,23,24). The molecule has 0 bridgehead atoms. The van der Waals surface area contributed by atoms with Crippen molar-refractivity contribution in [3.05, 3.63) is 60.2 Å². The van der Waals surface area contributed by atoms with Crippen molar-refractivity contribution in [2.75, 3.05) is 33.4 Å². The molecular weight excluding hydrogens is 342 g/mol. The van der Waals surface area contributed by atoms with Gasteiger partial charge in [-0.3, -0.25) is 4.99 Å². The highest BCUT2D eigenvalue weighted by atomic mass is 16.5. The number of benzene rings is 2. The van der Waals surface area contributed by atoms with Crippen LogP contribution in [0.1, 0.15) is 12.5 Å². The Hall–Kier alpha value is -2.73. The molecule has 2 rings (SSSR count). The molecule has 3 N–H and O–H groups in total. The summed E-state index contributed by atoms with van der Waals surface area (Å²) in [5, 5.41) is 16.6. The van der Waals surface area contributed by atoms with E-state index in [-0.39, 0.29) is 0 Å².